The zero-order valence-corrected chi connectivity index (χ0v) is 18.3. The Bertz CT molecular complexity index is 1060. The number of rotatable bonds is 7. The number of hydrogen-bond acceptors (Lipinski definition) is 6. The van der Waals surface area contributed by atoms with Crippen LogP contribution in [0.3, 0.4) is 0 Å². The van der Waals surface area contributed by atoms with Crippen LogP contribution in [0.2, 0.25) is 0 Å². The second-order valence-corrected chi connectivity index (χ2v) is 9.57. The predicted octanol–water partition coefficient (Wildman–Crippen LogP) is 2.89. The lowest BCUT2D eigenvalue weighted by Crippen LogP contribution is -2.58. The first-order valence-corrected chi connectivity index (χ1v) is 11.6. The van der Waals surface area contributed by atoms with E-state index in [2.05, 4.69) is 4.98 Å². The molecule has 31 heavy (non-hydrogen) atoms. The molecule has 166 valence electrons. The van der Waals surface area contributed by atoms with Gasteiger partial charge in [-0.2, -0.15) is 4.39 Å². The van der Waals surface area contributed by atoms with Gasteiger partial charge in [0.2, 0.25) is 16.9 Å². The lowest BCUT2D eigenvalue weighted by atomic mass is 9.97. The molecule has 0 fully saturated rings. The van der Waals surface area contributed by atoms with Crippen LogP contribution in [0.25, 0.3) is 16.7 Å². The molecule has 1 aromatic heterocycles. The number of halogens is 1. The highest BCUT2D eigenvalue weighted by atomic mass is 32.2. The third kappa shape index (κ3) is 5.17. The van der Waals surface area contributed by atoms with Crippen molar-refractivity contribution in [1.29, 1.82) is 0 Å². The Morgan fingerprint density at radius 3 is 2.39 bits per heavy atom. The van der Waals surface area contributed by atoms with Crippen LogP contribution in [0.15, 0.2) is 48.7 Å². The summed E-state index contributed by atoms with van der Waals surface area (Å²) < 4.78 is 40.0. The van der Waals surface area contributed by atoms with Crippen molar-refractivity contribution in [2.75, 3.05) is 13.1 Å². The van der Waals surface area contributed by atoms with E-state index in [9.17, 15) is 22.7 Å². The fraction of sp³-hybridized carbons (Fsp3) is 0.364. The van der Waals surface area contributed by atoms with Gasteiger partial charge in [-0.15, -0.1) is 0 Å². The number of aliphatic hydroxyl groups is 1. The third-order valence-electron chi connectivity index (χ3n) is 5.35. The molecule has 1 atom stereocenters. The average Bonchev–Trinajstić information content (AvgIpc) is 2.74. The number of amides is 1. The maximum absolute atomic E-state index is 13.0. The fourth-order valence-electron chi connectivity index (χ4n) is 3.43. The molecule has 1 aromatic carbocycles. The maximum atomic E-state index is 13.0. The van der Waals surface area contributed by atoms with Crippen molar-refractivity contribution in [3.63, 3.8) is 0 Å². The highest BCUT2D eigenvalue weighted by Gasteiger charge is 2.44. The Balaban J connectivity index is 1.70. The second-order valence-electron chi connectivity index (χ2n) is 7.58. The van der Waals surface area contributed by atoms with Crippen molar-refractivity contribution in [2.24, 2.45) is 0 Å². The second kappa shape index (κ2) is 9.25. The number of hydrogen-bond donors (Lipinski definition) is 2. The van der Waals surface area contributed by atoms with Crippen molar-refractivity contribution in [3.05, 3.63) is 60.2 Å². The molecule has 0 saturated heterocycles. The normalized spacial score (nSPS) is 17.0. The van der Waals surface area contributed by atoms with Gasteiger partial charge in [0.05, 0.1) is 0 Å². The molecule has 0 radical (unpaired) electrons. The van der Waals surface area contributed by atoms with Gasteiger partial charge in [-0.1, -0.05) is 37.3 Å². The molecule has 2 heterocycles. The van der Waals surface area contributed by atoms with E-state index in [0.29, 0.717) is 19.4 Å². The molecule has 1 amide bonds. The molecule has 2 N–H and O–H groups in total. The van der Waals surface area contributed by atoms with Crippen LogP contribution < -0.4 is 4.72 Å². The first-order chi connectivity index (χ1) is 14.6. The molecule has 0 saturated carbocycles. The zero-order chi connectivity index (χ0) is 22.6. The zero-order valence-electron chi connectivity index (χ0n) is 17.5. The number of carbonyl (C=O) groups is 1. The van der Waals surface area contributed by atoms with E-state index in [1.807, 2.05) is 35.1 Å². The molecule has 9 heteroatoms. The molecule has 0 spiro atoms. The predicted molar refractivity (Wildman–Crippen MR) is 116 cm³/mol. The van der Waals surface area contributed by atoms with Crippen molar-refractivity contribution in [1.82, 2.24) is 14.6 Å². The van der Waals surface area contributed by atoms with E-state index in [0.717, 1.165) is 22.3 Å². The van der Waals surface area contributed by atoms with Gasteiger partial charge < -0.3 is 5.11 Å². The van der Waals surface area contributed by atoms with E-state index in [-0.39, 0.29) is 13.0 Å². The van der Waals surface area contributed by atoms with Crippen LogP contribution >= 0.6 is 0 Å². The van der Waals surface area contributed by atoms with E-state index >= 15 is 0 Å². The molecule has 1 aliphatic rings. The Morgan fingerprint density at radius 2 is 1.84 bits per heavy atom. The van der Waals surface area contributed by atoms with Crippen LogP contribution in [0, 0.1) is 5.95 Å². The monoisotopic (exact) mass is 447 g/mol. The molecule has 3 rings (SSSR count). The third-order valence-corrected chi connectivity index (χ3v) is 7.12. The van der Waals surface area contributed by atoms with Crippen molar-refractivity contribution in [2.45, 2.75) is 38.2 Å². The number of carbonyl (C=O) groups excluding carboxylic acids is 1. The van der Waals surface area contributed by atoms with Crippen LogP contribution in [-0.2, 0) is 14.8 Å². The molecule has 0 bridgehead atoms. The minimum atomic E-state index is -4.28. The number of pyridine rings is 1. The topological polar surface area (TPSA) is 99.6 Å². The highest BCUT2D eigenvalue weighted by Crippen LogP contribution is 2.29. The summed E-state index contributed by atoms with van der Waals surface area (Å²) in [6.45, 7) is 3.48. The van der Waals surface area contributed by atoms with Gasteiger partial charge in [0.25, 0.3) is 10.0 Å². The number of sulfonamides is 1. The summed E-state index contributed by atoms with van der Waals surface area (Å²) in [5.74, 6) is -1.16. The summed E-state index contributed by atoms with van der Waals surface area (Å²) in [4.78, 5) is 16.8. The van der Waals surface area contributed by atoms with E-state index in [1.165, 1.54) is 24.1 Å². The Hall–Kier alpha value is -2.62. The largest absolute Gasteiger partial charge is 0.361 e. The van der Waals surface area contributed by atoms with Crippen LogP contribution in [0.4, 0.5) is 4.39 Å². The summed E-state index contributed by atoms with van der Waals surface area (Å²) in [6, 6.07) is 10.7. The van der Waals surface area contributed by atoms with Crippen LogP contribution in [0.1, 0.15) is 38.7 Å². The first-order valence-electron chi connectivity index (χ1n) is 10.1. The quantitative estimate of drug-likeness (QED) is 0.633. The molecule has 1 aliphatic heterocycles. The molecular formula is C22H26FN3O4S. The minimum absolute atomic E-state index is 0.0728. The lowest BCUT2D eigenvalue weighted by Gasteiger charge is -2.37. The Morgan fingerprint density at radius 1 is 1.19 bits per heavy atom. The summed E-state index contributed by atoms with van der Waals surface area (Å²) >= 11 is 0. The van der Waals surface area contributed by atoms with Gasteiger partial charge >= 0.3 is 0 Å². The van der Waals surface area contributed by atoms with Crippen LogP contribution in [0.5, 0.6) is 0 Å². The number of benzene rings is 1. The van der Waals surface area contributed by atoms with Gasteiger partial charge in [0, 0.05) is 31.3 Å². The molecule has 1 unspecified atom stereocenters. The summed E-state index contributed by atoms with van der Waals surface area (Å²) in [6.07, 6.45) is 4.46. The smallest absolute Gasteiger partial charge is 0.279 e. The number of nitrogens with zero attached hydrogens (tertiary/aromatic N) is 2. The molecule has 0 aliphatic carbocycles. The Labute approximate surface area is 181 Å². The maximum Gasteiger partial charge on any atom is 0.279 e. The summed E-state index contributed by atoms with van der Waals surface area (Å²) in [5.41, 5.74) is 3.73. The van der Waals surface area contributed by atoms with Gasteiger partial charge in [-0.05, 0) is 48.6 Å². The van der Waals surface area contributed by atoms with Crippen molar-refractivity contribution in [3.8, 4) is 11.1 Å². The lowest BCUT2D eigenvalue weighted by molar-refractivity contribution is -0.119. The Kier molecular flexibility index (Phi) is 6.88. The van der Waals surface area contributed by atoms with E-state index in [1.54, 1.807) is 13.0 Å². The van der Waals surface area contributed by atoms with Crippen molar-refractivity contribution >= 4 is 21.5 Å². The SMILES string of the molecule is CCCC(=O)NS(=O)(=O)C(C)(O)N1CC=C(c2ccc(-c3ccc(F)nc3)cc2)CC1. The van der Waals surface area contributed by atoms with Gasteiger partial charge in [-0.3, -0.25) is 9.69 Å². The fourth-order valence-corrected chi connectivity index (χ4v) is 4.53. The van der Waals surface area contributed by atoms with E-state index in [4.69, 9.17) is 0 Å². The van der Waals surface area contributed by atoms with Gasteiger partial charge in [0.15, 0.2) is 0 Å². The molecule has 7 nitrogen and oxygen atoms in total. The first kappa shape index (κ1) is 23.1. The number of aromatic nitrogens is 1. The molecular weight excluding hydrogens is 421 g/mol. The minimum Gasteiger partial charge on any atom is -0.361 e. The van der Waals surface area contributed by atoms with Gasteiger partial charge in [0.1, 0.15) is 0 Å². The van der Waals surface area contributed by atoms with Gasteiger partial charge in [-0.25, -0.2) is 18.1 Å². The standard InChI is InChI=1S/C22H26FN3O4S/c1-3-4-21(27)25-31(29,30)22(2,28)26-13-11-18(12-14-26)16-5-7-17(8-6-16)19-9-10-20(23)24-15-19/h5-11,15,28H,3-4,12-14H2,1-2H3,(H,25,27). The summed E-state index contributed by atoms with van der Waals surface area (Å²) in [5, 5.41) is 8.47. The van der Waals surface area contributed by atoms with Crippen molar-refractivity contribution < 1.29 is 22.7 Å². The summed E-state index contributed by atoms with van der Waals surface area (Å²) in [7, 11) is -4.28. The number of nitrogens with one attached hydrogen (secondary N) is 1. The van der Waals surface area contributed by atoms with Crippen LogP contribution in [-0.4, -0.2) is 47.5 Å². The highest BCUT2D eigenvalue weighted by molar-refractivity contribution is 7.91. The van der Waals surface area contributed by atoms with E-state index < -0.39 is 26.9 Å². The average molecular weight is 448 g/mol. The molecule has 2 aromatic rings.